The topological polar surface area (TPSA) is 78.1 Å². The van der Waals surface area contributed by atoms with Crippen molar-refractivity contribution in [3.63, 3.8) is 0 Å². The van der Waals surface area contributed by atoms with E-state index in [1.54, 1.807) is 24.7 Å². The summed E-state index contributed by atoms with van der Waals surface area (Å²) < 4.78 is 0. The molecule has 4 rings (SSSR count). The first-order valence-corrected chi connectivity index (χ1v) is 10.1. The highest BCUT2D eigenvalue weighted by Gasteiger charge is 2.25. The molecule has 3 heterocycles. The van der Waals surface area contributed by atoms with Gasteiger partial charge in [-0.1, -0.05) is 36.4 Å². The second kappa shape index (κ2) is 9.22. The zero-order valence-electron chi connectivity index (χ0n) is 16.6. The minimum Gasteiger partial charge on any atom is -0.376 e. The number of benzene rings is 1. The summed E-state index contributed by atoms with van der Waals surface area (Å²) in [5, 5.41) is 3.31. The summed E-state index contributed by atoms with van der Waals surface area (Å²) in [7, 11) is 0. The molecule has 1 aromatic carbocycles. The van der Waals surface area contributed by atoms with Crippen LogP contribution in [0.25, 0.3) is 11.1 Å². The van der Waals surface area contributed by atoms with Gasteiger partial charge in [-0.15, -0.1) is 0 Å². The largest absolute Gasteiger partial charge is 0.376 e. The van der Waals surface area contributed by atoms with Crippen LogP contribution in [-0.4, -0.2) is 39.9 Å². The van der Waals surface area contributed by atoms with E-state index in [4.69, 9.17) is 0 Å². The van der Waals surface area contributed by atoms with Gasteiger partial charge >= 0.3 is 0 Å². The molecule has 6 nitrogen and oxygen atoms in total. The molecule has 0 bridgehead atoms. The van der Waals surface area contributed by atoms with Crippen molar-refractivity contribution >= 4 is 11.6 Å². The fourth-order valence-electron chi connectivity index (χ4n) is 3.62. The maximum atomic E-state index is 12.5. The normalized spacial score (nSPS) is 16.1. The highest BCUT2D eigenvalue weighted by Crippen LogP contribution is 2.20. The van der Waals surface area contributed by atoms with Gasteiger partial charge in [0.2, 0.25) is 5.91 Å². The van der Waals surface area contributed by atoms with E-state index in [1.165, 1.54) is 5.56 Å². The minimum absolute atomic E-state index is 0.00896. The molecule has 2 aromatic heterocycles. The van der Waals surface area contributed by atoms with Gasteiger partial charge in [-0.3, -0.25) is 14.6 Å². The Hall–Kier alpha value is -3.67. The molecule has 1 saturated heterocycles. The number of likely N-dealkylation sites (tertiary alicyclic amines) is 1. The number of nitrogens with zero attached hydrogens (tertiary/aromatic N) is 2. The maximum Gasteiger partial charge on any atom is 0.271 e. The molecule has 0 spiro atoms. The molecule has 0 unspecified atom stereocenters. The van der Waals surface area contributed by atoms with Crippen molar-refractivity contribution in [3.8, 4) is 11.1 Å². The van der Waals surface area contributed by atoms with Crippen LogP contribution in [0.1, 0.15) is 12.0 Å². The first-order valence-electron chi connectivity index (χ1n) is 10.1. The number of carbonyl (C=O) groups excluding carboxylic acids is 1. The Morgan fingerprint density at radius 3 is 2.77 bits per heavy atom. The number of hydrogen-bond donors (Lipinski definition) is 2. The molecular formula is C24H24N4O2. The molecule has 3 aromatic rings. The van der Waals surface area contributed by atoms with Gasteiger partial charge in [0.15, 0.2) is 0 Å². The van der Waals surface area contributed by atoms with Crippen LogP contribution < -0.4 is 10.9 Å². The Bertz CT molecular complexity index is 1080. The van der Waals surface area contributed by atoms with Crippen LogP contribution >= 0.6 is 0 Å². The van der Waals surface area contributed by atoms with E-state index >= 15 is 0 Å². The van der Waals surface area contributed by atoms with Gasteiger partial charge in [0, 0.05) is 43.3 Å². The van der Waals surface area contributed by atoms with E-state index in [9.17, 15) is 9.59 Å². The Balaban J connectivity index is 1.36. The van der Waals surface area contributed by atoms with Crippen molar-refractivity contribution in [3.05, 3.63) is 95.2 Å². The first kappa shape index (κ1) is 19.6. The van der Waals surface area contributed by atoms with Crippen LogP contribution in [0.15, 0.2) is 84.1 Å². The summed E-state index contributed by atoms with van der Waals surface area (Å²) in [6, 6.07) is 15.7. The second-order valence-corrected chi connectivity index (χ2v) is 7.37. The molecule has 0 radical (unpaired) electrons. The lowest BCUT2D eigenvalue weighted by molar-refractivity contribution is -0.125. The number of aromatic nitrogens is 2. The summed E-state index contributed by atoms with van der Waals surface area (Å²) in [4.78, 5) is 33.4. The van der Waals surface area contributed by atoms with Gasteiger partial charge < -0.3 is 15.2 Å². The Morgan fingerprint density at radius 1 is 1.17 bits per heavy atom. The van der Waals surface area contributed by atoms with E-state index in [-0.39, 0.29) is 17.5 Å². The van der Waals surface area contributed by atoms with Crippen molar-refractivity contribution in [2.45, 2.75) is 18.9 Å². The molecule has 1 fully saturated rings. The van der Waals surface area contributed by atoms with E-state index in [1.807, 2.05) is 59.5 Å². The third-order valence-corrected chi connectivity index (χ3v) is 5.23. The van der Waals surface area contributed by atoms with Crippen molar-refractivity contribution < 1.29 is 4.79 Å². The van der Waals surface area contributed by atoms with Gasteiger partial charge in [-0.2, -0.15) is 0 Å². The number of hydrogen-bond acceptors (Lipinski definition) is 4. The predicted molar refractivity (Wildman–Crippen MR) is 118 cm³/mol. The monoisotopic (exact) mass is 400 g/mol. The van der Waals surface area contributed by atoms with E-state index in [2.05, 4.69) is 15.3 Å². The lowest BCUT2D eigenvalue weighted by Gasteiger charge is -2.16. The lowest BCUT2D eigenvalue weighted by atomic mass is 10.1. The number of anilines is 1. The summed E-state index contributed by atoms with van der Waals surface area (Å²) in [6.07, 6.45) is 10.2. The van der Waals surface area contributed by atoms with Gasteiger partial charge in [-0.25, -0.2) is 0 Å². The molecule has 30 heavy (non-hydrogen) atoms. The fourth-order valence-corrected chi connectivity index (χ4v) is 3.62. The quantitative estimate of drug-likeness (QED) is 0.623. The number of pyridine rings is 2. The average molecular weight is 400 g/mol. The van der Waals surface area contributed by atoms with Gasteiger partial charge in [-0.05, 0) is 48.2 Å². The fraction of sp³-hybridized carbons (Fsp3) is 0.208. The number of amides is 1. The maximum absolute atomic E-state index is 12.5. The summed E-state index contributed by atoms with van der Waals surface area (Å²) in [5.74, 6) is 0.00896. The number of nitrogens with one attached hydrogen (secondary N) is 2. The number of allylic oxidation sites excluding steroid dienone is 1. The van der Waals surface area contributed by atoms with Crippen LogP contribution in [0.2, 0.25) is 0 Å². The Labute approximate surface area is 175 Å². The third kappa shape index (κ3) is 4.84. The average Bonchev–Trinajstić information content (AvgIpc) is 3.25. The molecule has 1 aliphatic heterocycles. The molecule has 1 aliphatic rings. The minimum atomic E-state index is -0.166. The molecule has 6 heteroatoms. The van der Waals surface area contributed by atoms with Crippen LogP contribution in [0.4, 0.5) is 5.69 Å². The molecule has 152 valence electrons. The SMILES string of the molecule is O=C(C=CCc1ccccc1)N1CC[C@@H](Nc2cc(-c3ccncc3)c[nH]c2=O)C1. The first-order chi connectivity index (χ1) is 14.7. The van der Waals surface area contributed by atoms with Crippen molar-refractivity contribution in [1.82, 2.24) is 14.9 Å². The lowest BCUT2D eigenvalue weighted by Crippen LogP contribution is -2.31. The zero-order valence-corrected chi connectivity index (χ0v) is 16.6. The van der Waals surface area contributed by atoms with Crippen LogP contribution in [0.5, 0.6) is 0 Å². The van der Waals surface area contributed by atoms with Gasteiger partial charge in [0.05, 0.1) is 0 Å². The molecule has 0 aliphatic carbocycles. The second-order valence-electron chi connectivity index (χ2n) is 7.37. The number of aromatic amines is 1. The van der Waals surface area contributed by atoms with Gasteiger partial charge in [0.1, 0.15) is 5.69 Å². The van der Waals surface area contributed by atoms with Crippen molar-refractivity contribution in [1.29, 1.82) is 0 Å². The molecule has 1 amide bonds. The molecular weight excluding hydrogens is 376 g/mol. The zero-order chi connectivity index (χ0) is 20.8. The van der Waals surface area contributed by atoms with E-state index < -0.39 is 0 Å². The van der Waals surface area contributed by atoms with Crippen LogP contribution in [0, 0.1) is 0 Å². The van der Waals surface area contributed by atoms with Crippen molar-refractivity contribution in [2.24, 2.45) is 0 Å². The van der Waals surface area contributed by atoms with E-state index in [0.29, 0.717) is 18.8 Å². The van der Waals surface area contributed by atoms with Gasteiger partial charge in [0.25, 0.3) is 5.56 Å². The van der Waals surface area contributed by atoms with Crippen LogP contribution in [-0.2, 0) is 11.2 Å². The number of H-pyrrole nitrogens is 1. The number of carbonyl (C=O) groups is 1. The summed E-state index contributed by atoms with van der Waals surface area (Å²) >= 11 is 0. The highest BCUT2D eigenvalue weighted by atomic mass is 16.2. The summed E-state index contributed by atoms with van der Waals surface area (Å²) in [6.45, 7) is 1.25. The third-order valence-electron chi connectivity index (χ3n) is 5.23. The Morgan fingerprint density at radius 2 is 1.97 bits per heavy atom. The molecule has 2 N–H and O–H groups in total. The van der Waals surface area contributed by atoms with Crippen molar-refractivity contribution in [2.75, 3.05) is 18.4 Å². The van der Waals surface area contributed by atoms with E-state index in [0.717, 1.165) is 24.0 Å². The molecule has 0 saturated carbocycles. The van der Waals surface area contributed by atoms with Crippen LogP contribution in [0.3, 0.4) is 0 Å². The standard InChI is InChI=1S/C24H24N4O2/c29-23(8-4-7-18-5-2-1-3-6-18)28-14-11-21(17-28)27-22-15-20(16-26-24(22)30)19-9-12-25-13-10-19/h1-6,8-10,12-13,15-16,21,27H,7,11,14,17H2,(H,26,30)/t21-/m1/s1. The Kier molecular flexibility index (Phi) is 6.03. The highest BCUT2D eigenvalue weighted by molar-refractivity contribution is 5.88. The predicted octanol–water partition coefficient (Wildman–Crippen LogP) is 3.25. The smallest absolute Gasteiger partial charge is 0.271 e. The number of rotatable bonds is 6. The molecule has 1 atom stereocenters. The summed E-state index contributed by atoms with van der Waals surface area (Å²) in [5.41, 5.74) is 3.42.